The predicted molar refractivity (Wildman–Crippen MR) is 56.9 cm³/mol. The van der Waals surface area contributed by atoms with Crippen LogP contribution in [0.4, 0.5) is 4.79 Å². The SMILES string of the molecule is CC(C)(C)OC(=O)N1CC(c2cn[nH]n2)C1. The molecule has 1 amide bonds. The van der Waals surface area contributed by atoms with Gasteiger partial charge >= 0.3 is 6.09 Å². The Labute approximate surface area is 94.0 Å². The quantitative estimate of drug-likeness (QED) is 0.776. The van der Waals surface area contributed by atoms with E-state index in [2.05, 4.69) is 15.4 Å². The van der Waals surface area contributed by atoms with E-state index in [1.165, 1.54) is 0 Å². The standard InChI is InChI=1S/C10H16N4O2/c1-10(2,3)16-9(15)14-5-7(6-14)8-4-11-13-12-8/h4,7H,5-6H2,1-3H3,(H,11,12,13). The number of aromatic nitrogens is 3. The van der Waals surface area contributed by atoms with Crippen LogP contribution in [0, 0.1) is 0 Å². The molecule has 2 rings (SSSR count). The fourth-order valence-corrected chi connectivity index (χ4v) is 1.55. The summed E-state index contributed by atoms with van der Waals surface area (Å²) < 4.78 is 5.25. The largest absolute Gasteiger partial charge is 0.444 e. The van der Waals surface area contributed by atoms with Gasteiger partial charge in [-0.15, -0.1) is 0 Å². The lowest BCUT2D eigenvalue weighted by atomic mass is 9.98. The molecule has 1 aliphatic rings. The number of ether oxygens (including phenoxy) is 1. The van der Waals surface area contributed by atoms with E-state index in [4.69, 9.17) is 4.74 Å². The third-order valence-corrected chi connectivity index (χ3v) is 2.39. The number of aromatic amines is 1. The molecule has 0 atom stereocenters. The molecule has 0 spiro atoms. The normalized spacial score (nSPS) is 17.1. The molecule has 0 saturated carbocycles. The van der Waals surface area contributed by atoms with Crippen LogP contribution in [0.1, 0.15) is 32.4 Å². The minimum absolute atomic E-state index is 0.257. The first-order valence-electron chi connectivity index (χ1n) is 5.29. The summed E-state index contributed by atoms with van der Waals surface area (Å²) in [6.45, 7) is 6.89. The van der Waals surface area contributed by atoms with Gasteiger partial charge in [0, 0.05) is 19.0 Å². The second kappa shape index (κ2) is 3.77. The molecule has 6 heteroatoms. The minimum Gasteiger partial charge on any atom is -0.444 e. The van der Waals surface area contributed by atoms with Crippen LogP contribution < -0.4 is 0 Å². The molecule has 1 aromatic heterocycles. The van der Waals surface area contributed by atoms with Crippen molar-refractivity contribution in [3.8, 4) is 0 Å². The Morgan fingerprint density at radius 2 is 2.25 bits per heavy atom. The highest BCUT2D eigenvalue weighted by atomic mass is 16.6. The van der Waals surface area contributed by atoms with Gasteiger partial charge in [-0.2, -0.15) is 15.4 Å². The summed E-state index contributed by atoms with van der Waals surface area (Å²) in [7, 11) is 0. The lowest BCUT2D eigenvalue weighted by molar-refractivity contribution is 0.00787. The first-order valence-corrected chi connectivity index (χ1v) is 5.29. The van der Waals surface area contributed by atoms with Gasteiger partial charge in [0.1, 0.15) is 5.60 Å². The summed E-state index contributed by atoms with van der Waals surface area (Å²) in [5, 5.41) is 10.3. The van der Waals surface area contributed by atoms with E-state index in [1.54, 1.807) is 11.1 Å². The maximum Gasteiger partial charge on any atom is 0.410 e. The molecule has 0 aromatic carbocycles. The number of nitrogens with zero attached hydrogens (tertiary/aromatic N) is 3. The van der Waals surface area contributed by atoms with Crippen LogP contribution in [0.3, 0.4) is 0 Å². The molecule has 1 fully saturated rings. The van der Waals surface area contributed by atoms with Crippen molar-refractivity contribution in [3.05, 3.63) is 11.9 Å². The molecule has 6 nitrogen and oxygen atoms in total. The maximum absolute atomic E-state index is 11.6. The third kappa shape index (κ3) is 2.32. The number of carbonyl (C=O) groups excluding carboxylic acids is 1. The van der Waals surface area contributed by atoms with Crippen molar-refractivity contribution in [2.45, 2.75) is 32.3 Å². The molecule has 0 radical (unpaired) electrons. The molecule has 16 heavy (non-hydrogen) atoms. The smallest absolute Gasteiger partial charge is 0.410 e. The van der Waals surface area contributed by atoms with Gasteiger partial charge in [-0.05, 0) is 20.8 Å². The van der Waals surface area contributed by atoms with Crippen molar-refractivity contribution in [3.63, 3.8) is 0 Å². The van der Waals surface area contributed by atoms with Crippen LogP contribution in [-0.2, 0) is 4.74 Å². The number of nitrogens with one attached hydrogen (secondary N) is 1. The number of H-pyrrole nitrogens is 1. The second-order valence-corrected chi connectivity index (χ2v) is 4.98. The van der Waals surface area contributed by atoms with E-state index in [0.717, 1.165) is 5.69 Å². The third-order valence-electron chi connectivity index (χ3n) is 2.39. The Morgan fingerprint density at radius 1 is 1.56 bits per heavy atom. The number of hydrogen-bond donors (Lipinski definition) is 1. The van der Waals surface area contributed by atoms with Gasteiger partial charge in [0.25, 0.3) is 0 Å². The fourth-order valence-electron chi connectivity index (χ4n) is 1.55. The summed E-state index contributed by atoms with van der Waals surface area (Å²) >= 11 is 0. The van der Waals surface area contributed by atoms with Gasteiger partial charge in [-0.3, -0.25) is 0 Å². The highest BCUT2D eigenvalue weighted by Crippen LogP contribution is 2.26. The zero-order valence-electron chi connectivity index (χ0n) is 9.73. The van der Waals surface area contributed by atoms with Crippen LogP contribution in [0.25, 0.3) is 0 Å². The van der Waals surface area contributed by atoms with Crippen LogP contribution in [0.15, 0.2) is 6.20 Å². The van der Waals surface area contributed by atoms with Gasteiger partial charge in [0.15, 0.2) is 0 Å². The number of amides is 1. The van der Waals surface area contributed by atoms with Gasteiger partial charge < -0.3 is 9.64 Å². The molecular weight excluding hydrogens is 208 g/mol. The monoisotopic (exact) mass is 224 g/mol. The molecule has 0 aliphatic carbocycles. The van der Waals surface area contributed by atoms with E-state index in [0.29, 0.717) is 13.1 Å². The molecule has 88 valence electrons. The Kier molecular flexibility index (Phi) is 2.57. The molecule has 0 unspecified atom stereocenters. The van der Waals surface area contributed by atoms with E-state index in [9.17, 15) is 4.79 Å². The van der Waals surface area contributed by atoms with Crippen molar-refractivity contribution in [1.82, 2.24) is 20.3 Å². The fraction of sp³-hybridized carbons (Fsp3) is 0.700. The highest BCUT2D eigenvalue weighted by molar-refractivity contribution is 5.69. The predicted octanol–water partition coefficient (Wildman–Crippen LogP) is 1.14. The Morgan fingerprint density at radius 3 is 2.75 bits per heavy atom. The highest BCUT2D eigenvalue weighted by Gasteiger charge is 2.35. The molecule has 1 saturated heterocycles. The first-order chi connectivity index (χ1) is 7.46. The van der Waals surface area contributed by atoms with Crippen molar-refractivity contribution < 1.29 is 9.53 Å². The minimum atomic E-state index is -0.434. The molecule has 2 heterocycles. The summed E-state index contributed by atoms with van der Waals surface area (Å²) in [6, 6.07) is 0. The summed E-state index contributed by atoms with van der Waals surface area (Å²) in [4.78, 5) is 13.3. The van der Waals surface area contributed by atoms with Gasteiger partial charge in [-0.1, -0.05) is 0 Å². The number of rotatable bonds is 1. The van der Waals surface area contributed by atoms with E-state index >= 15 is 0 Å². The average Bonchev–Trinajstić information content (AvgIpc) is 2.49. The van der Waals surface area contributed by atoms with Crippen LogP contribution >= 0.6 is 0 Å². The van der Waals surface area contributed by atoms with E-state index in [1.807, 2.05) is 20.8 Å². The molecule has 0 bridgehead atoms. The summed E-state index contributed by atoms with van der Waals surface area (Å²) in [5.41, 5.74) is 0.468. The Bertz CT molecular complexity index is 363. The van der Waals surface area contributed by atoms with Crippen molar-refractivity contribution in [2.24, 2.45) is 0 Å². The number of carbonyl (C=O) groups is 1. The van der Waals surface area contributed by atoms with Crippen molar-refractivity contribution >= 4 is 6.09 Å². The average molecular weight is 224 g/mol. The maximum atomic E-state index is 11.6. The second-order valence-electron chi connectivity index (χ2n) is 4.98. The lowest BCUT2D eigenvalue weighted by Crippen LogP contribution is -2.50. The molecule has 1 aromatic rings. The number of hydrogen-bond acceptors (Lipinski definition) is 4. The van der Waals surface area contributed by atoms with Gasteiger partial charge in [-0.25, -0.2) is 4.79 Å². The number of likely N-dealkylation sites (tertiary alicyclic amines) is 1. The van der Waals surface area contributed by atoms with Crippen LogP contribution in [0.5, 0.6) is 0 Å². The Balaban J connectivity index is 1.82. The van der Waals surface area contributed by atoms with Crippen LogP contribution in [0.2, 0.25) is 0 Å². The molecular formula is C10H16N4O2. The van der Waals surface area contributed by atoms with Crippen LogP contribution in [-0.4, -0.2) is 45.1 Å². The van der Waals surface area contributed by atoms with Gasteiger partial charge in [0.05, 0.1) is 11.9 Å². The zero-order chi connectivity index (χ0) is 11.8. The van der Waals surface area contributed by atoms with Crippen molar-refractivity contribution in [1.29, 1.82) is 0 Å². The van der Waals surface area contributed by atoms with Crippen molar-refractivity contribution in [2.75, 3.05) is 13.1 Å². The summed E-state index contributed by atoms with van der Waals surface area (Å²) in [6.07, 6.45) is 1.43. The molecule has 1 N–H and O–H groups in total. The summed E-state index contributed by atoms with van der Waals surface area (Å²) in [5.74, 6) is 0.284. The van der Waals surface area contributed by atoms with E-state index < -0.39 is 5.60 Å². The zero-order valence-corrected chi connectivity index (χ0v) is 9.73. The topological polar surface area (TPSA) is 71.1 Å². The Hall–Kier alpha value is -1.59. The first kappa shape index (κ1) is 10.9. The molecule has 1 aliphatic heterocycles. The lowest BCUT2D eigenvalue weighted by Gasteiger charge is -2.38. The van der Waals surface area contributed by atoms with Gasteiger partial charge in [0.2, 0.25) is 0 Å². The van der Waals surface area contributed by atoms with E-state index in [-0.39, 0.29) is 12.0 Å².